The van der Waals surface area contributed by atoms with Gasteiger partial charge in [-0.05, 0) is 36.9 Å². The van der Waals surface area contributed by atoms with E-state index in [9.17, 15) is 0 Å². The fraction of sp³-hybridized carbons (Fsp3) is 0.286. The van der Waals surface area contributed by atoms with Crippen LogP contribution in [-0.4, -0.2) is 7.05 Å². The largest absolute Gasteiger partial charge is 0.464 e. The van der Waals surface area contributed by atoms with Crippen molar-refractivity contribution < 1.29 is 4.42 Å². The van der Waals surface area contributed by atoms with Crippen LogP contribution in [0, 0.1) is 0 Å². The second-order valence-corrected chi connectivity index (χ2v) is 4.37. The number of furan rings is 1. The van der Waals surface area contributed by atoms with Gasteiger partial charge in [-0.25, -0.2) is 0 Å². The van der Waals surface area contributed by atoms with Crippen LogP contribution in [0.25, 0.3) is 0 Å². The molecule has 0 saturated carbocycles. The Kier molecular flexibility index (Phi) is 3.87. The molecule has 1 heterocycles. The first-order chi connectivity index (χ1) is 8.24. The van der Waals surface area contributed by atoms with Gasteiger partial charge >= 0.3 is 0 Å². The van der Waals surface area contributed by atoms with E-state index >= 15 is 0 Å². The van der Waals surface area contributed by atoms with E-state index in [0.29, 0.717) is 0 Å². The van der Waals surface area contributed by atoms with E-state index in [2.05, 4.69) is 12.2 Å². The molecule has 1 aromatic carbocycles. The molecule has 0 fully saturated rings. The molecule has 1 atom stereocenters. The zero-order chi connectivity index (χ0) is 12.3. The average molecular weight is 250 g/mol. The van der Waals surface area contributed by atoms with E-state index < -0.39 is 0 Å². The summed E-state index contributed by atoms with van der Waals surface area (Å²) in [6, 6.07) is 11.9. The van der Waals surface area contributed by atoms with Crippen molar-refractivity contribution in [3.05, 3.63) is 58.5 Å². The maximum Gasteiger partial charge on any atom is 0.125 e. The summed E-state index contributed by atoms with van der Waals surface area (Å²) in [6.45, 7) is 2.08. The van der Waals surface area contributed by atoms with Crippen LogP contribution >= 0.6 is 11.6 Å². The van der Waals surface area contributed by atoms with E-state index in [4.69, 9.17) is 16.0 Å². The van der Waals surface area contributed by atoms with Crippen molar-refractivity contribution in [2.75, 3.05) is 7.05 Å². The molecule has 1 N–H and O–H groups in total. The first kappa shape index (κ1) is 12.2. The van der Waals surface area contributed by atoms with Gasteiger partial charge in [0, 0.05) is 11.4 Å². The minimum Gasteiger partial charge on any atom is -0.464 e. The van der Waals surface area contributed by atoms with Crippen LogP contribution in [0.2, 0.25) is 5.02 Å². The smallest absolute Gasteiger partial charge is 0.125 e. The summed E-state index contributed by atoms with van der Waals surface area (Å²) in [5.41, 5.74) is 1.11. The number of rotatable bonds is 4. The molecule has 0 aliphatic carbocycles. The molecule has 2 rings (SSSR count). The molecule has 1 aromatic heterocycles. The molecular weight excluding hydrogens is 234 g/mol. The third-order valence-corrected chi connectivity index (χ3v) is 3.02. The summed E-state index contributed by atoms with van der Waals surface area (Å²) >= 11 is 6.01. The van der Waals surface area contributed by atoms with E-state index in [1.54, 1.807) is 0 Å². The standard InChI is InChI=1S/C14H16ClNO/c1-3-12-7-8-13(17-12)14(16-2)10-5-4-6-11(15)9-10/h4-9,14,16H,3H2,1-2H3. The molecule has 2 nitrogen and oxygen atoms in total. The quantitative estimate of drug-likeness (QED) is 0.892. The first-order valence-electron chi connectivity index (χ1n) is 5.76. The maximum atomic E-state index is 6.01. The Morgan fingerprint density at radius 1 is 1.29 bits per heavy atom. The van der Waals surface area contributed by atoms with Crippen molar-refractivity contribution >= 4 is 11.6 Å². The minimum absolute atomic E-state index is 0.0500. The predicted molar refractivity (Wildman–Crippen MR) is 70.4 cm³/mol. The van der Waals surface area contributed by atoms with Crippen LogP contribution in [0.1, 0.15) is 30.0 Å². The highest BCUT2D eigenvalue weighted by atomic mass is 35.5. The molecule has 2 aromatic rings. The van der Waals surface area contributed by atoms with Gasteiger partial charge in [-0.1, -0.05) is 30.7 Å². The van der Waals surface area contributed by atoms with E-state index in [1.165, 1.54) is 0 Å². The highest BCUT2D eigenvalue weighted by Gasteiger charge is 2.15. The number of aryl methyl sites for hydroxylation is 1. The van der Waals surface area contributed by atoms with Crippen LogP contribution in [0.4, 0.5) is 0 Å². The Hall–Kier alpha value is -1.25. The van der Waals surface area contributed by atoms with Gasteiger partial charge in [0.1, 0.15) is 11.5 Å². The van der Waals surface area contributed by atoms with Gasteiger partial charge in [0.05, 0.1) is 6.04 Å². The average Bonchev–Trinajstić information content (AvgIpc) is 2.79. The molecule has 0 radical (unpaired) electrons. The van der Waals surface area contributed by atoms with E-state index in [1.807, 2.05) is 43.4 Å². The van der Waals surface area contributed by atoms with Crippen LogP contribution in [0.15, 0.2) is 40.8 Å². The summed E-state index contributed by atoms with van der Waals surface area (Å²) in [5, 5.41) is 3.99. The molecule has 0 aliphatic rings. The second kappa shape index (κ2) is 5.39. The molecule has 0 bridgehead atoms. The summed E-state index contributed by atoms with van der Waals surface area (Å²) in [4.78, 5) is 0. The van der Waals surface area contributed by atoms with Crippen molar-refractivity contribution in [3.63, 3.8) is 0 Å². The lowest BCUT2D eigenvalue weighted by atomic mass is 10.1. The third kappa shape index (κ3) is 2.71. The number of benzene rings is 1. The van der Waals surface area contributed by atoms with E-state index in [-0.39, 0.29) is 6.04 Å². The van der Waals surface area contributed by atoms with Gasteiger partial charge in [0.25, 0.3) is 0 Å². The number of halogens is 1. The number of hydrogen-bond donors (Lipinski definition) is 1. The van der Waals surface area contributed by atoms with Gasteiger partial charge in [0.15, 0.2) is 0 Å². The maximum absolute atomic E-state index is 6.01. The van der Waals surface area contributed by atoms with Crippen LogP contribution < -0.4 is 5.32 Å². The molecule has 0 aliphatic heterocycles. The minimum atomic E-state index is 0.0500. The first-order valence-corrected chi connectivity index (χ1v) is 6.13. The highest BCUT2D eigenvalue weighted by Crippen LogP contribution is 2.25. The lowest BCUT2D eigenvalue weighted by Gasteiger charge is -2.14. The van der Waals surface area contributed by atoms with Crippen molar-refractivity contribution in [1.29, 1.82) is 0 Å². The summed E-state index contributed by atoms with van der Waals surface area (Å²) < 4.78 is 5.77. The summed E-state index contributed by atoms with van der Waals surface area (Å²) in [6.07, 6.45) is 0.909. The molecule has 0 amide bonds. The van der Waals surface area contributed by atoms with Gasteiger partial charge in [-0.15, -0.1) is 0 Å². The topological polar surface area (TPSA) is 25.2 Å². The van der Waals surface area contributed by atoms with Crippen molar-refractivity contribution in [2.24, 2.45) is 0 Å². The van der Waals surface area contributed by atoms with Gasteiger partial charge < -0.3 is 9.73 Å². The third-order valence-electron chi connectivity index (χ3n) is 2.79. The molecule has 1 unspecified atom stereocenters. The normalized spacial score (nSPS) is 12.6. The van der Waals surface area contributed by atoms with Gasteiger partial charge in [-0.3, -0.25) is 0 Å². The summed E-state index contributed by atoms with van der Waals surface area (Å²) in [5.74, 6) is 1.92. The molecule has 17 heavy (non-hydrogen) atoms. The van der Waals surface area contributed by atoms with Crippen LogP contribution in [0.3, 0.4) is 0 Å². The fourth-order valence-electron chi connectivity index (χ4n) is 1.90. The SMILES string of the molecule is CCc1ccc(C(NC)c2cccc(Cl)c2)o1. The van der Waals surface area contributed by atoms with Crippen LogP contribution in [-0.2, 0) is 6.42 Å². The number of nitrogens with one attached hydrogen (secondary N) is 1. The molecule has 0 spiro atoms. The number of hydrogen-bond acceptors (Lipinski definition) is 2. The van der Waals surface area contributed by atoms with Crippen molar-refractivity contribution in [2.45, 2.75) is 19.4 Å². The van der Waals surface area contributed by atoms with Gasteiger partial charge in [-0.2, -0.15) is 0 Å². The Labute approximate surface area is 107 Å². The zero-order valence-electron chi connectivity index (χ0n) is 10.0. The summed E-state index contributed by atoms with van der Waals surface area (Å²) in [7, 11) is 1.92. The highest BCUT2D eigenvalue weighted by molar-refractivity contribution is 6.30. The molecule has 0 saturated heterocycles. The second-order valence-electron chi connectivity index (χ2n) is 3.93. The molecule has 90 valence electrons. The lowest BCUT2D eigenvalue weighted by molar-refractivity contribution is 0.434. The van der Waals surface area contributed by atoms with Crippen molar-refractivity contribution in [1.82, 2.24) is 5.32 Å². The Morgan fingerprint density at radius 3 is 2.71 bits per heavy atom. The van der Waals surface area contributed by atoms with Gasteiger partial charge in [0.2, 0.25) is 0 Å². The molecular formula is C14H16ClNO. The van der Waals surface area contributed by atoms with Crippen molar-refractivity contribution in [3.8, 4) is 0 Å². The monoisotopic (exact) mass is 249 g/mol. The lowest BCUT2D eigenvalue weighted by Crippen LogP contribution is -2.16. The Bertz CT molecular complexity index is 492. The predicted octanol–water partition coefficient (Wildman–Crippen LogP) is 3.80. The zero-order valence-corrected chi connectivity index (χ0v) is 10.8. The molecule has 3 heteroatoms. The Morgan fingerprint density at radius 2 is 2.12 bits per heavy atom. The Balaban J connectivity index is 2.33. The fourth-order valence-corrected chi connectivity index (χ4v) is 2.10. The van der Waals surface area contributed by atoms with E-state index in [0.717, 1.165) is 28.5 Å². The van der Waals surface area contributed by atoms with Crippen LogP contribution in [0.5, 0.6) is 0 Å².